The zero-order chi connectivity index (χ0) is 21.7. The van der Waals surface area contributed by atoms with Crippen LogP contribution < -0.4 is 4.90 Å². The fourth-order valence-corrected chi connectivity index (χ4v) is 5.25. The molecule has 162 valence electrons. The van der Waals surface area contributed by atoms with E-state index in [2.05, 4.69) is 0 Å². The van der Waals surface area contributed by atoms with Gasteiger partial charge in [-0.25, -0.2) is 8.42 Å². The van der Waals surface area contributed by atoms with Crippen molar-refractivity contribution in [2.75, 3.05) is 39.1 Å². The lowest BCUT2D eigenvalue weighted by Crippen LogP contribution is -2.32. The lowest BCUT2D eigenvalue weighted by molar-refractivity contribution is 0.0785. The Morgan fingerprint density at radius 2 is 1.57 bits per heavy atom. The van der Waals surface area contributed by atoms with E-state index in [4.69, 9.17) is 0 Å². The Morgan fingerprint density at radius 3 is 2.17 bits per heavy atom. The molecule has 0 N–H and O–H groups in total. The van der Waals surface area contributed by atoms with Crippen molar-refractivity contribution >= 4 is 21.6 Å². The molecule has 1 heterocycles. The van der Waals surface area contributed by atoms with E-state index < -0.39 is 10.0 Å². The highest BCUT2D eigenvalue weighted by Crippen LogP contribution is 2.22. The van der Waals surface area contributed by atoms with Gasteiger partial charge in [-0.2, -0.15) is 4.31 Å². The minimum Gasteiger partial charge on any atom is -0.378 e. The zero-order valence-corrected chi connectivity index (χ0v) is 18.9. The molecule has 1 aliphatic heterocycles. The average molecular weight is 430 g/mol. The van der Waals surface area contributed by atoms with Gasteiger partial charge in [0.25, 0.3) is 5.91 Å². The topological polar surface area (TPSA) is 60.9 Å². The van der Waals surface area contributed by atoms with Crippen molar-refractivity contribution in [2.24, 2.45) is 0 Å². The van der Waals surface area contributed by atoms with E-state index in [0.717, 1.165) is 36.9 Å². The molecule has 0 aliphatic carbocycles. The Balaban J connectivity index is 1.74. The summed E-state index contributed by atoms with van der Waals surface area (Å²) in [7, 11) is 2.12. The third-order valence-corrected chi connectivity index (χ3v) is 7.40. The molecule has 2 aromatic rings. The third-order valence-electron chi connectivity index (χ3n) is 5.50. The van der Waals surface area contributed by atoms with Crippen LogP contribution in [0.1, 0.15) is 41.6 Å². The van der Waals surface area contributed by atoms with Crippen LogP contribution in [-0.4, -0.2) is 57.8 Å². The Morgan fingerprint density at radius 1 is 0.933 bits per heavy atom. The monoisotopic (exact) mass is 429 g/mol. The van der Waals surface area contributed by atoms with E-state index in [1.807, 2.05) is 43.3 Å². The average Bonchev–Trinajstić information content (AvgIpc) is 3.04. The molecule has 0 radical (unpaired) electrons. The van der Waals surface area contributed by atoms with E-state index in [0.29, 0.717) is 25.2 Å². The summed E-state index contributed by atoms with van der Waals surface area (Å²) < 4.78 is 27.7. The smallest absolute Gasteiger partial charge is 0.253 e. The number of benzene rings is 2. The molecule has 1 fully saturated rings. The third kappa shape index (κ3) is 5.21. The number of carbonyl (C=O) groups is 1. The second-order valence-corrected chi connectivity index (χ2v) is 10.0. The Hall–Kier alpha value is -2.38. The van der Waals surface area contributed by atoms with Gasteiger partial charge < -0.3 is 9.80 Å². The SMILES string of the molecule is CN(Cc1ccc(N(C)C)cc1)C(=O)c1cccc(S(=O)(=O)N2CCCCCC2)c1. The van der Waals surface area contributed by atoms with Gasteiger partial charge in [-0.15, -0.1) is 0 Å². The molecule has 1 amide bonds. The summed E-state index contributed by atoms with van der Waals surface area (Å²) >= 11 is 0. The van der Waals surface area contributed by atoms with Gasteiger partial charge in [0.1, 0.15) is 0 Å². The summed E-state index contributed by atoms with van der Waals surface area (Å²) in [5, 5.41) is 0. The summed E-state index contributed by atoms with van der Waals surface area (Å²) in [6, 6.07) is 14.4. The molecular weight excluding hydrogens is 398 g/mol. The van der Waals surface area contributed by atoms with Crippen LogP contribution in [0.3, 0.4) is 0 Å². The van der Waals surface area contributed by atoms with Gasteiger partial charge >= 0.3 is 0 Å². The number of sulfonamides is 1. The highest BCUT2D eigenvalue weighted by Gasteiger charge is 2.26. The van der Waals surface area contributed by atoms with E-state index in [9.17, 15) is 13.2 Å². The fraction of sp³-hybridized carbons (Fsp3) is 0.435. The van der Waals surface area contributed by atoms with Crippen LogP contribution in [0.2, 0.25) is 0 Å². The molecule has 0 bridgehead atoms. The maximum Gasteiger partial charge on any atom is 0.253 e. The predicted octanol–water partition coefficient (Wildman–Crippen LogP) is 3.59. The first-order chi connectivity index (χ1) is 14.3. The summed E-state index contributed by atoms with van der Waals surface area (Å²) in [4.78, 5) is 16.8. The Kier molecular flexibility index (Phi) is 7.15. The lowest BCUT2D eigenvalue weighted by atomic mass is 10.1. The molecule has 7 heteroatoms. The van der Waals surface area contributed by atoms with Crippen molar-refractivity contribution < 1.29 is 13.2 Å². The standard InChI is InChI=1S/C23H31N3O3S/c1-24(2)21-13-11-19(12-14-21)18-25(3)23(27)20-9-8-10-22(17-20)30(28,29)26-15-6-4-5-7-16-26/h8-14,17H,4-7,15-16,18H2,1-3H3. The molecular formula is C23H31N3O3S. The van der Waals surface area contributed by atoms with E-state index in [1.54, 1.807) is 34.5 Å². The van der Waals surface area contributed by atoms with Crippen LogP contribution in [0.25, 0.3) is 0 Å². The van der Waals surface area contributed by atoms with Crippen LogP contribution in [0.5, 0.6) is 0 Å². The molecule has 6 nitrogen and oxygen atoms in total. The van der Waals surface area contributed by atoms with Gasteiger partial charge in [0.15, 0.2) is 0 Å². The quantitative estimate of drug-likeness (QED) is 0.704. The molecule has 30 heavy (non-hydrogen) atoms. The van der Waals surface area contributed by atoms with E-state index in [1.165, 1.54) is 6.07 Å². The number of nitrogens with zero attached hydrogens (tertiary/aromatic N) is 3. The van der Waals surface area contributed by atoms with Gasteiger partial charge in [0.05, 0.1) is 4.90 Å². The summed E-state index contributed by atoms with van der Waals surface area (Å²) in [5.41, 5.74) is 2.50. The Labute approximate surface area is 180 Å². The van der Waals surface area contributed by atoms with Gasteiger partial charge in [-0.05, 0) is 48.7 Å². The molecule has 0 atom stereocenters. The molecule has 3 rings (SSSR count). The van der Waals surface area contributed by atoms with Crippen molar-refractivity contribution in [2.45, 2.75) is 37.1 Å². The number of anilines is 1. The second kappa shape index (κ2) is 9.62. The van der Waals surface area contributed by atoms with Crippen molar-refractivity contribution in [1.82, 2.24) is 9.21 Å². The molecule has 1 aliphatic rings. The van der Waals surface area contributed by atoms with Gasteiger partial charge in [0, 0.05) is 52.0 Å². The minimum absolute atomic E-state index is 0.194. The molecule has 0 unspecified atom stereocenters. The normalized spacial score (nSPS) is 15.4. The number of hydrogen-bond acceptors (Lipinski definition) is 4. The van der Waals surface area contributed by atoms with Crippen LogP contribution in [-0.2, 0) is 16.6 Å². The van der Waals surface area contributed by atoms with Crippen molar-refractivity contribution in [3.05, 3.63) is 59.7 Å². The maximum atomic E-state index is 13.1. The molecule has 2 aromatic carbocycles. The summed E-state index contributed by atoms with van der Waals surface area (Å²) in [6.07, 6.45) is 3.89. The number of carbonyl (C=O) groups excluding carboxylic acids is 1. The van der Waals surface area contributed by atoms with E-state index >= 15 is 0 Å². The van der Waals surface area contributed by atoms with Crippen LogP contribution in [0.4, 0.5) is 5.69 Å². The van der Waals surface area contributed by atoms with Crippen LogP contribution in [0.15, 0.2) is 53.4 Å². The van der Waals surface area contributed by atoms with Gasteiger partial charge in [-0.3, -0.25) is 4.79 Å². The van der Waals surface area contributed by atoms with Crippen LogP contribution in [0, 0.1) is 0 Å². The second-order valence-electron chi connectivity index (χ2n) is 8.07. The number of rotatable bonds is 6. The van der Waals surface area contributed by atoms with Crippen molar-refractivity contribution in [3.63, 3.8) is 0 Å². The van der Waals surface area contributed by atoms with E-state index in [-0.39, 0.29) is 10.8 Å². The molecule has 1 saturated heterocycles. The highest BCUT2D eigenvalue weighted by molar-refractivity contribution is 7.89. The largest absolute Gasteiger partial charge is 0.378 e. The lowest BCUT2D eigenvalue weighted by Gasteiger charge is -2.21. The maximum absolute atomic E-state index is 13.1. The highest BCUT2D eigenvalue weighted by atomic mass is 32.2. The van der Waals surface area contributed by atoms with Gasteiger partial charge in [0.2, 0.25) is 10.0 Å². The minimum atomic E-state index is -3.58. The predicted molar refractivity (Wildman–Crippen MR) is 120 cm³/mol. The molecule has 0 spiro atoms. The zero-order valence-electron chi connectivity index (χ0n) is 18.0. The summed E-state index contributed by atoms with van der Waals surface area (Å²) in [6.45, 7) is 1.54. The number of hydrogen-bond donors (Lipinski definition) is 0. The van der Waals surface area contributed by atoms with Crippen molar-refractivity contribution in [1.29, 1.82) is 0 Å². The first-order valence-corrected chi connectivity index (χ1v) is 11.8. The summed E-state index contributed by atoms with van der Waals surface area (Å²) in [5.74, 6) is -0.195. The first kappa shape index (κ1) is 22.3. The molecule has 0 aromatic heterocycles. The number of amides is 1. The first-order valence-electron chi connectivity index (χ1n) is 10.4. The fourth-order valence-electron chi connectivity index (χ4n) is 3.69. The van der Waals surface area contributed by atoms with Gasteiger partial charge in [-0.1, -0.05) is 31.0 Å². The Bertz CT molecular complexity index is 963. The van der Waals surface area contributed by atoms with Crippen LogP contribution >= 0.6 is 0 Å². The molecule has 0 saturated carbocycles. The van der Waals surface area contributed by atoms with Crippen molar-refractivity contribution in [3.8, 4) is 0 Å².